The predicted molar refractivity (Wildman–Crippen MR) is 173 cm³/mol. The average Bonchev–Trinajstić information content (AvgIpc) is 3.53. The van der Waals surface area contributed by atoms with E-state index in [-0.39, 0.29) is 0 Å². The predicted octanol–water partition coefficient (Wildman–Crippen LogP) is 9.88. The Balaban J connectivity index is 1.49. The van der Waals surface area contributed by atoms with Crippen LogP contribution in [0.15, 0.2) is 139 Å². The number of hydrogen-bond donors (Lipinski definition) is 0. The molecule has 0 saturated carbocycles. The van der Waals surface area contributed by atoms with Gasteiger partial charge in [0.25, 0.3) is 0 Å². The maximum Gasteiger partial charge on any atom is 0.0991 e. The van der Waals surface area contributed by atoms with E-state index in [1.54, 1.807) is 0 Å². The summed E-state index contributed by atoms with van der Waals surface area (Å²) in [6, 6.07) is 44.0. The van der Waals surface area contributed by atoms with Gasteiger partial charge in [-0.25, -0.2) is 0 Å². The van der Waals surface area contributed by atoms with Gasteiger partial charge in [-0.1, -0.05) is 103 Å². The Kier molecular flexibility index (Phi) is 5.40. The van der Waals surface area contributed by atoms with E-state index in [9.17, 15) is 5.26 Å². The molecule has 6 aromatic rings. The lowest BCUT2D eigenvalue weighted by atomic mass is 9.63. The molecule has 1 aromatic heterocycles. The van der Waals surface area contributed by atoms with Crippen molar-refractivity contribution in [3.8, 4) is 22.9 Å². The Bertz CT molecular complexity index is 2150. The molecule has 2 aliphatic rings. The summed E-state index contributed by atoms with van der Waals surface area (Å²) < 4.78 is 2.38. The third kappa shape index (κ3) is 3.31. The van der Waals surface area contributed by atoms with Gasteiger partial charge < -0.3 is 4.57 Å². The van der Waals surface area contributed by atoms with Crippen molar-refractivity contribution < 1.29 is 0 Å². The van der Waals surface area contributed by atoms with Crippen molar-refractivity contribution >= 4 is 21.8 Å². The first kappa shape index (κ1) is 24.6. The lowest BCUT2D eigenvalue weighted by molar-refractivity contribution is 0.592. The number of nitrogens with zero attached hydrogens (tertiary/aromatic N) is 2. The fourth-order valence-electron chi connectivity index (χ4n) is 7.49. The Labute approximate surface area is 246 Å². The van der Waals surface area contributed by atoms with Crippen LogP contribution in [0, 0.1) is 17.2 Å². The van der Waals surface area contributed by atoms with Crippen LogP contribution in [-0.4, -0.2) is 4.57 Å². The number of aromatic nitrogens is 1. The fourth-order valence-corrected chi connectivity index (χ4v) is 7.49. The van der Waals surface area contributed by atoms with Crippen molar-refractivity contribution in [2.75, 3.05) is 0 Å². The number of para-hydroxylation sites is 2. The minimum Gasteiger partial charge on any atom is -0.309 e. The molecular formula is C40H30N2. The van der Waals surface area contributed by atoms with E-state index in [2.05, 4.69) is 146 Å². The summed E-state index contributed by atoms with van der Waals surface area (Å²) in [4.78, 5) is 0. The third-order valence-electron chi connectivity index (χ3n) is 9.63. The summed E-state index contributed by atoms with van der Waals surface area (Å²) in [6.07, 6.45) is 5.67. The van der Waals surface area contributed by atoms with Crippen LogP contribution in [0.1, 0.15) is 42.5 Å². The Morgan fingerprint density at radius 2 is 1.45 bits per heavy atom. The smallest absolute Gasteiger partial charge is 0.0991 e. The number of hydrogen-bond acceptors (Lipinski definition) is 1. The van der Waals surface area contributed by atoms with Gasteiger partial charge in [0.15, 0.2) is 0 Å². The molecule has 0 fully saturated rings. The molecule has 2 heteroatoms. The van der Waals surface area contributed by atoms with E-state index in [0.717, 1.165) is 17.7 Å². The second-order valence-corrected chi connectivity index (χ2v) is 11.8. The molecule has 0 aliphatic heterocycles. The zero-order valence-corrected chi connectivity index (χ0v) is 23.8. The highest BCUT2D eigenvalue weighted by molar-refractivity contribution is 6.09. The molecule has 5 aromatic carbocycles. The maximum absolute atomic E-state index is 9.82. The minimum atomic E-state index is -0.449. The van der Waals surface area contributed by atoms with Crippen molar-refractivity contribution in [3.05, 3.63) is 161 Å². The Morgan fingerprint density at radius 3 is 2.29 bits per heavy atom. The average molecular weight is 539 g/mol. The first-order valence-electron chi connectivity index (χ1n) is 14.7. The monoisotopic (exact) mass is 538 g/mol. The van der Waals surface area contributed by atoms with E-state index >= 15 is 0 Å². The first-order chi connectivity index (χ1) is 20.6. The van der Waals surface area contributed by atoms with Gasteiger partial charge >= 0.3 is 0 Å². The molecule has 0 radical (unpaired) electrons. The molecule has 2 nitrogen and oxygen atoms in total. The highest BCUT2D eigenvalue weighted by atomic mass is 15.0. The molecule has 200 valence electrons. The Hall–Kier alpha value is -5.13. The molecule has 8 rings (SSSR count). The molecule has 2 atom stereocenters. The summed E-state index contributed by atoms with van der Waals surface area (Å²) in [5, 5.41) is 12.3. The molecular weight excluding hydrogens is 508 g/mol. The van der Waals surface area contributed by atoms with Crippen LogP contribution in [0.5, 0.6) is 0 Å². The van der Waals surface area contributed by atoms with Crippen LogP contribution < -0.4 is 0 Å². The van der Waals surface area contributed by atoms with Crippen molar-refractivity contribution in [1.82, 2.24) is 4.57 Å². The molecule has 42 heavy (non-hydrogen) atoms. The highest BCUT2D eigenvalue weighted by Gasteiger charge is 2.48. The van der Waals surface area contributed by atoms with Crippen molar-refractivity contribution in [2.24, 2.45) is 5.92 Å². The fraction of sp³-hybridized carbons (Fsp3) is 0.125. The van der Waals surface area contributed by atoms with Crippen molar-refractivity contribution in [2.45, 2.75) is 25.7 Å². The second-order valence-electron chi connectivity index (χ2n) is 11.8. The maximum atomic E-state index is 9.82. The van der Waals surface area contributed by atoms with E-state index in [1.165, 1.54) is 55.2 Å². The van der Waals surface area contributed by atoms with Crippen LogP contribution >= 0.6 is 0 Å². The highest BCUT2D eigenvalue weighted by Crippen LogP contribution is 2.58. The Morgan fingerprint density at radius 1 is 0.714 bits per heavy atom. The first-order valence-corrected chi connectivity index (χ1v) is 14.7. The summed E-state index contributed by atoms with van der Waals surface area (Å²) in [5.41, 5.74) is 12.9. The van der Waals surface area contributed by atoms with Crippen molar-refractivity contribution in [1.29, 1.82) is 5.26 Å². The van der Waals surface area contributed by atoms with Gasteiger partial charge in [0.2, 0.25) is 0 Å². The molecule has 0 bridgehead atoms. The summed E-state index contributed by atoms with van der Waals surface area (Å²) in [5.74, 6) is 0.459. The zero-order valence-electron chi connectivity index (χ0n) is 23.8. The van der Waals surface area contributed by atoms with E-state index in [0.29, 0.717) is 11.5 Å². The van der Waals surface area contributed by atoms with Crippen LogP contribution in [0.3, 0.4) is 0 Å². The topological polar surface area (TPSA) is 28.7 Å². The largest absolute Gasteiger partial charge is 0.309 e. The standard InChI is InChI=1S/C40H30N2/c1-26-16-18-29(22-27(26)2)40(36-14-8-6-12-32(36)34-23-28(25-41)17-20-37(34)40)30-19-21-39-35(24-30)33-13-7-9-15-38(33)42(39)31-10-4-3-5-11-31/h3-21,23-24,27H,22H2,1-2H3. The number of rotatable bonds is 3. The quantitative estimate of drug-likeness (QED) is 0.220. The number of benzene rings is 5. The number of fused-ring (bicyclic) bond motifs is 6. The molecule has 1 heterocycles. The lowest BCUT2D eigenvalue weighted by Gasteiger charge is -2.38. The van der Waals surface area contributed by atoms with Gasteiger partial charge in [0, 0.05) is 16.5 Å². The molecule has 0 saturated heterocycles. The summed E-state index contributed by atoms with van der Waals surface area (Å²) >= 11 is 0. The van der Waals surface area contributed by atoms with Gasteiger partial charge in [-0.3, -0.25) is 0 Å². The van der Waals surface area contributed by atoms with Gasteiger partial charge in [0.05, 0.1) is 28.1 Å². The van der Waals surface area contributed by atoms with Gasteiger partial charge in [-0.05, 0) is 89.5 Å². The van der Waals surface area contributed by atoms with Gasteiger partial charge in [-0.15, -0.1) is 0 Å². The second kappa shape index (κ2) is 9.20. The van der Waals surface area contributed by atoms with E-state index < -0.39 is 5.41 Å². The van der Waals surface area contributed by atoms with Crippen LogP contribution in [0.2, 0.25) is 0 Å². The normalized spacial score (nSPS) is 19.2. The molecule has 2 unspecified atom stereocenters. The summed E-state index contributed by atoms with van der Waals surface area (Å²) in [7, 11) is 0. The van der Waals surface area contributed by atoms with Crippen LogP contribution in [0.25, 0.3) is 38.6 Å². The van der Waals surface area contributed by atoms with Crippen molar-refractivity contribution in [3.63, 3.8) is 0 Å². The minimum absolute atomic E-state index is 0.449. The third-order valence-corrected chi connectivity index (χ3v) is 9.63. The molecule has 2 aliphatic carbocycles. The van der Waals surface area contributed by atoms with Crippen LogP contribution in [-0.2, 0) is 5.41 Å². The molecule has 0 N–H and O–H groups in total. The van der Waals surface area contributed by atoms with Crippen LogP contribution in [0.4, 0.5) is 0 Å². The van der Waals surface area contributed by atoms with Gasteiger partial charge in [-0.2, -0.15) is 5.26 Å². The number of nitriles is 1. The number of allylic oxidation sites excluding steroid dienone is 4. The SMILES string of the molecule is CC1=CC=C(C2(c3ccc4c(c3)c3ccccc3n4-c3ccccc3)c3ccccc3-c3cc(C#N)ccc32)CC1C. The molecule has 0 spiro atoms. The summed E-state index contributed by atoms with van der Waals surface area (Å²) in [6.45, 7) is 4.58. The lowest BCUT2D eigenvalue weighted by Crippen LogP contribution is -2.31. The molecule has 0 amide bonds. The van der Waals surface area contributed by atoms with E-state index in [1.807, 2.05) is 6.07 Å². The van der Waals surface area contributed by atoms with E-state index in [4.69, 9.17) is 0 Å². The van der Waals surface area contributed by atoms with Gasteiger partial charge in [0.1, 0.15) is 0 Å². The zero-order chi connectivity index (χ0) is 28.4.